The maximum absolute atomic E-state index is 13.3. The van der Waals surface area contributed by atoms with Crippen molar-refractivity contribution in [1.82, 2.24) is 4.90 Å². The number of carbonyl (C=O) groups excluding carboxylic acids is 2. The van der Waals surface area contributed by atoms with Gasteiger partial charge in [0.2, 0.25) is 5.91 Å². The molecule has 1 aliphatic carbocycles. The van der Waals surface area contributed by atoms with E-state index in [1.165, 1.54) is 15.0 Å². The Morgan fingerprint density at radius 3 is 3.00 bits per heavy atom. The van der Waals surface area contributed by atoms with E-state index in [-0.39, 0.29) is 35.6 Å². The molecule has 3 unspecified atom stereocenters. The van der Waals surface area contributed by atoms with Gasteiger partial charge in [0.1, 0.15) is 19.0 Å². The number of ether oxygens (including phenoxy) is 1. The molecule has 1 saturated heterocycles. The van der Waals surface area contributed by atoms with Gasteiger partial charge in [0.25, 0.3) is 0 Å². The number of fused-ring (bicyclic) bond motifs is 3. The summed E-state index contributed by atoms with van der Waals surface area (Å²) in [7, 11) is 1.37. The summed E-state index contributed by atoms with van der Waals surface area (Å²) in [4.78, 5) is 26.6. The molecular weight excluding hydrogens is 432 g/mol. The van der Waals surface area contributed by atoms with Gasteiger partial charge in [-0.25, -0.2) is 9.18 Å². The highest BCUT2D eigenvalue weighted by atomic mass is 127. The van der Waals surface area contributed by atoms with Gasteiger partial charge in [-0.2, -0.15) is 0 Å². The zero-order valence-electron chi connectivity index (χ0n) is 12.7. The first kappa shape index (κ1) is 17.3. The van der Waals surface area contributed by atoms with Crippen LogP contribution in [-0.4, -0.2) is 41.3 Å². The van der Waals surface area contributed by atoms with Crippen molar-refractivity contribution in [2.45, 2.75) is 37.0 Å². The zero-order chi connectivity index (χ0) is 16.6. The molecule has 0 bridgehead atoms. The first-order chi connectivity index (χ1) is 11.2. The molecule has 0 aromatic heterocycles. The molecule has 126 valence electrons. The number of hydrogen-bond acceptors (Lipinski definition) is 4. The van der Waals surface area contributed by atoms with Gasteiger partial charge in [-0.05, 0) is 46.0 Å². The molecule has 4 atom stereocenters. The summed E-state index contributed by atoms with van der Waals surface area (Å²) in [5.74, 6) is -0.714. The van der Waals surface area contributed by atoms with E-state index in [0.29, 0.717) is 5.70 Å². The summed E-state index contributed by atoms with van der Waals surface area (Å²) in [5.41, 5.74) is 1.47. The zero-order valence-corrected chi connectivity index (χ0v) is 15.6. The lowest BCUT2D eigenvalue weighted by atomic mass is 9.73. The van der Waals surface area contributed by atoms with Crippen molar-refractivity contribution in [1.29, 1.82) is 0 Å². The first-order valence-corrected chi connectivity index (χ1v) is 11.3. The first-order valence-electron chi connectivity index (χ1n) is 7.83. The van der Waals surface area contributed by atoms with Crippen LogP contribution in [-0.2, 0) is 14.3 Å². The topological polar surface area (TPSA) is 46.6 Å². The van der Waals surface area contributed by atoms with Crippen molar-refractivity contribution >= 4 is 42.0 Å². The maximum Gasteiger partial charge on any atom is 0.355 e. The lowest BCUT2D eigenvalue weighted by Gasteiger charge is -2.48. The molecule has 2 aliphatic heterocycles. The fourth-order valence-electron chi connectivity index (χ4n) is 4.07. The molecule has 2 heterocycles. The summed E-state index contributed by atoms with van der Waals surface area (Å²) >= 11 is 2.06. The van der Waals surface area contributed by atoms with Crippen LogP contribution in [0.5, 0.6) is 0 Å². The minimum Gasteiger partial charge on any atom is -0.457 e. The van der Waals surface area contributed by atoms with Gasteiger partial charge in [0.05, 0.1) is 17.2 Å². The molecule has 3 rings (SSSR count). The minimum atomic E-state index is -0.521. The Morgan fingerprint density at radius 1 is 1.57 bits per heavy atom. The molecule has 7 heteroatoms. The highest BCUT2D eigenvalue weighted by molar-refractivity contribution is 14.2. The van der Waals surface area contributed by atoms with Crippen LogP contribution in [0.1, 0.15) is 25.7 Å². The van der Waals surface area contributed by atoms with Gasteiger partial charge in [-0.3, -0.25) is 4.79 Å². The van der Waals surface area contributed by atoms with Crippen LogP contribution in [0.4, 0.5) is 4.39 Å². The summed E-state index contributed by atoms with van der Waals surface area (Å²) < 4.78 is 18.5. The van der Waals surface area contributed by atoms with Crippen LogP contribution < -0.4 is 0 Å². The van der Waals surface area contributed by atoms with Crippen LogP contribution in [0.3, 0.4) is 0 Å². The number of carbonyl (C=O) groups is 2. The average molecular weight is 451 g/mol. The van der Waals surface area contributed by atoms with Crippen molar-refractivity contribution in [3.05, 3.63) is 23.9 Å². The van der Waals surface area contributed by atoms with Gasteiger partial charge in [0, 0.05) is 5.92 Å². The van der Waals surface area contributed by atoms with Crippen LogP contribution in [0.15, 0.2) is 23.9 Å². The number of β-lactam (4-membered cyclic amide) rings is 1. The monoisotopic (exact) mass is 451 g/mol. The van der Waals surface area contributed by atoms with Crippen LogP contribution >= 0.6 is 30.1 Å². The molecule has 3 aliphatic rings. The van der Waals surface area contributed by atoms with Gasteiger partial charge in [-0.1, -0.05) is 28.0 Å². The fraction of sp³-hybridized carbons (Fsp3) is 0.625. The van der Waals surface area contributed by atoms with Gasteiger partial charge in [0.15, 0.2) is 0 Å². The van der Waals surface area contributed by atoms with Crippen molar-refractivity contribution in [2.24, 2.45) is 11.8 Å². The number of nitrogens with zero attached hydrogens (tertiary/aromatic N) is 1. The molecule has 0 N–H and O–H groups in total. The molecule has 1 saturated carbocycles. The lowest BCUT2D eigenvalue weighted by molar-refractivity contribution is -0.158. The number of rotatable bonds is 6. The van der Waals surface area contributed by atoms with E-state index < -0.39 is 12.6 Å². The summed E-state index contributed by atoms with van der Waals surface area (Å²) in [6, 6.07) is -0.0629. The maximum atomic E-state index is 13.3. The summed E-state index contributed by atoms with van der Waals surface area (Å²) in [6.45, 7) is 3.15. The molecular formula is C16H19FINO3S. The fourth-order valence-corrected chi connectivity index (χ4v) is 5.87. The molecule has 2 fully saturated rings. The Labute approximate surface area is 151 Å². The average Bonchev–Trinajstić information content (AvgIpc) is 2.88. The second-order valence-electron chi connectivity index (χ2n) is 6.12. The third-order valence-electron chi connectivity index (χ3n) is 5.00. The summed E-state index contributed by atoms with van der Waals surface area (Å²) in [6.07, 6.45) is 5.42. The van der Waals surface area contributed by atoms with E-state index in [4.69, 9.17) is 4.74 Å². The number of hydrogen-bond donors (Lipinski definition) is 0. The second kappa shape index (κ2) is 7.13. The number of halogens is 2. The molecule has 0 aromatic rings. The smallest absolute Gasteiger partial charge is 0.355 e. The van der Waals surface area contributed by atoms with Gasteiger partial charge < -0.3 is 9.64 Å². The van der Waals surface area contributed by atoms with Crippen LogP contribution in [0, 0.1) is 11.8 Å². The Balaban J connectivity index is 1.90. The third kappa shape index (κ3) is 2.73. The van der Waals surface area contributed by atoms with E-state index in [1.54, 1.807) is 4.90 Å². The number of esters is 1. The third-order valence-corrected chi connectivity index (χ3v) is 7.61. The largest absolute Gasteiger partial charge is 0.457 e. The molecule has 0 aromatic carbocycles. The van der Waals surface area contributed by atoms with E-state index in [2.05, 4.69) is 27.8 Å². The van der Waals surface area contributed by atoms with E-state index >= 15 is 0 Å². The normalized spacial score (nSPS) is 30.4. The summed E-state index contributed by atoms with van der Waals surface area (Å²) in [5, 5.41) is -0.337. The molecule has 4 nitrogen and oxygen atoms in total. The minimum absolute atomic E-state index is 0.0629. The van der Waals surface area contributed by atoms with Crippen LogP contribution in [0.25, 0.3) is 0 Å². The molecule has 0 spiro atoms. The van der Waals surface area contributed by atoms with Gasteiger partial charge >= 0.3 is 5.97 Å². The molecule has 1 amide bonds. The predicted molar refractivity (Wildman–Crippen MR) is 95.6 cm³/mol. The Kier molecular flexibility index (Phi) is 5.35. The van der Waals surface area contributed by atoms with E-state index in [1.807, 2.05) is 0 Å². The Hall–Kier alpha value is -0.570. The van der Waals surface area contributed by atoms with Crippen LogP contribution in [0.2, 0.25) is 0 Å². The highest BCUT2D eigenvalue weighted by Gasteiger charge is 2.61. The van der Waals surface area contributed by atoms with Crippen molar-refractivity contribution in [3.63, 3.8) is 0 Å². The Bertz CT molecular complexity index is 564. The Morgan fingerprint density at radius 2 is 2.35 bits per heavy atom. The van der Waals surface area contributed by atoms with Crippen molar-refractivity contribution in [3.8, 4) is 0 Å². The predicted octanol–water partition coefficient (Wildman–Crippen LogP) is 3.42. The van der Waals surface area contributed by atoms with E-state index in [0.717, 1.165) is 31.3 Å². The number of amides is 1. The SMILES string of the molecule is C=CCOC(=O)C1=C2CCCC[C@@H]2C2C(C(CF)SI)C(=O)N12. The van der Waals surface area contributed by atoms with Gasteiger partial charge in [-0.15, -0.1) is 0 Å². The second-order valence-corrected chi connectivity index (χ2v) is 8.43. The molecule has 0 radical (unpaired) electrons. The quantitative estimate of drug-likeness (QED) is 0.269. The number of alkyl halides is 1. The molecule has 23 heavy (non-hydrogen) atoms. The standard InChI is InChI=1S/C16H19FINO3S/c1-2-7-22-16(21)14-10-6-4-3-5-9(10)13-12(11(8-17)23-18)15(20)19(13)14/h2,9,11-13H,1,3-8H2/t9-,11?,12?,13?/m0/s1. The van der Waals surface area contributed by atoms with E-state index in [9.17, 15) is 14.0 Å². The van der Waals surface area contributed by atoms with Crippen molar-refractivity contribution < 1.29 is 18.7 Å². The lowest BCUT2D eigenvalue weighted by Crippen LogP contribution is -2.64. The highest BCUT2D eigenvalue weighted by Crippen LogP contribution is 2.54. The van der Waals surface area contributed by atoms with Crippen molar-refractivity contribution in [2.75, 3.05) is 13.3 Å².